The summed E-state index contributed by atoms with van der Waals surface area (Å²) in [6.45, 7) is 3.77. The summed E-state index contributed by atoms with van der Waals surface area (Å²) < 4.78 is 5.71. The highest BCUT2D eigenvalue weighted by Crippen LogP contribution is 2.40. The molecule has 0 spiro atoms. The third-order valence-electron chi connectivity index (χ3n) is 3.88. The average Bonchev–Trinajstić information content (AvgIpc) is 3.19. The molecule has 1 aliphatic carbocycles. The van der Waals surface area contributed by atoms with E-state index in [2.05, 4.69) is 10.3 Å². The topological polar surface area (TPSA) is 81.2 Å². The van der Waals surface area contributed by atoms with Crippen LogP contribution in [0.15, 0.2) is 22.6 Å². The Balaban J connectivity index is 1.79. The average molecular weight is 287 g/mol. The van der Waals surface area contributed by atoms with Gasteiger partial charge in [0.15, 0.2) is 11.5 Å². The van der Waals surface area contributed by atoms with Crippen molar-refractivity contribution in [3.63, 3.8) is 0 Å². The minimum absolute atomic E-state index is 0.172. The van der Waals surface area contributed by atoms with Gasteiger partial charge in [-0.3, -0.25) is 4.79 Å². The summed E-state index contributed by atoms with van der Waals surface area (Å²) in [6.07, 6.45) is 3.82. The summed E-state index contributed by atoms with van der Waals surface area (Å²) >= 11 is 0. The summed E-state index contributed by atoms with van der Waals surface area (Å²) in [6, 6.07) is 5.51. The number of nitrogens with one attached hydrogen (secondary N) is 1. The molecule has 5 nitrogen and oxygen atoms in total. The maximum Gasteiger partial charge on any atom is 0.244 e. The molecule has 5 heteroatoms. The minimum atomic E-state index is -0.854. The normalized spacial score (nSPS) is 17.7. The zero-order valence-corrected chi connectivity index (χ0v) is 12.5. The van der Waals surface area contributed by atoms with E-state index in [-0.39, 0.29) is 5.91 Å². The van der Waals surface area contributed by atoms with Gasteiger partial charge in [0.25, 0.3) is 0 Å². The minimum Gasteiger partial charge on any atom is -0.440 e. The van der Waals surface area contributed by atoms with E-state index >= 15 is 0 Å². The van der Waals surface area contributed by atoms with Crippen LogP contribution in [0.5, 0.6) is 0 Å². The molecule has 0 bridgehead atoms. The number of oxazole rings is 1. The molecule has 1 amide bonds. The van der Waals surface area contributed by atoms with Crippen LogP contribution in [0.25, 0.3) is 11.1 Å². The fourth-order valence-corrected chi connectivity index (χ4v) is 2.43. The molecule has 0 saturated heterocycles. The molecule has 1 aromatic heterocycles. The molecule has 1 aliphatic rings. The first-order chi connectivity index (χ1) is 9.99. The molecule has 1 saturated carbocycles. The molecule has 3 N–H and O–H groups in total. The van der Waals surface area contributed by atoms with E-state index in [9.17, 15) is 4.79 Å². The van der Waals surface area contributed by atoms with Crippen molar-refractivity contribution in [3.05, 3.63) is 24.1 Å². The number of hydrogen-bond acceptors (Lipinski definition) is 4. The molecule has 1 fully saturated rings. The van der Waals surface area contributed by atoms with Gasteiger partial charge in [0, 0.05) is 11.6 Å². The number of fused-ring (bicyclic) bond motifs is 1. The Morgan fingerprint density at radius 3 is 2.95 bits per heavy atom. The first-order valence-electron chi connectivity index (χ1n) is 7.50. The van der Waals surface area contributed by atoms with Crippen LogP contribution in [-0.4, -0.2) is 16.4 Å². The van der Waals surface area contributed by atoms with Gasteiger partial charge in [-0.25, -0.2) is 4.98 Å². The van der Waals surface area contributed by atoms with Crippen molar-refractivity contribution in [1.29, 1.82) is 0 Å². The predicted octanol–water partition coefficient (Wildman–Crippen LogP) is 3.16. The molecule has 1 heterocycles. The summed E-state index contributed by atoms with van der Waals surface area (Å²) in [4.78, 5) is 16.7. The number of hydrogen-bond donors (Lipinski definition) is 2. The Morgan fingerprint density at radius 2 is 2.29 bits per heavy atom. The Labute approximate surface area is 123 Å². The molecule has 112 valence electrons. The van der Waals surface area contributed by atoms with Gasteiger partial charge in [-0.15, -0.1) is 0 Å². The van der Waals surface area contributed by atoms with E-state index in [1.807, 2.05) is 25.1 Å². The zero-order valence-electron chi connectivity index (χ0n) is 12.5. The van der Waals surface area contributed by atoms with Crippen LogP contribution in [0.1, 0.15) is 51.3 Å². The van der Waals surface area contributed by atoms with Crippen LogP contribution in [0.4, 0.5) is 5.69 Å². The van der Waals surface area contributed by atoms with Gasteiger partial charge in [-0.1, -0.05) is 13.3 Å². The number of benzene rings is 1. The van der Waals surface area contributed by atoms with Crippen molar-refractivity contribution in [3.8, 4) is 0 Å². The monoisotopic (exact) mass is 287 g/mol. The van der Waals surface area contributed by atoms with E-state index in [1.165, 1.54) is 0 Å². The third-order valence-corrected chi connectivity index (χ3v) is 3.88. The van der Waals surface area contributed by atoms with Gasteiger partial charge >= 0.3 is 0 Å². The summed E-state index contributed by atoms with van der Waals surface area (Å²) in [5.41, 5.74) is 7.43. The van der Waals surface area contributed by atoms with Crippen LogP contribution in [0.3, 0.4) is 0 Å². The molecular weight excluding hydrogens is 266 g/mol. The van der Waals surface area contributed by atoms with Crippen LogP contribution < -0.4 is 11.1 Å². The summed E-state index contributed by atoms with van der Waals surface area (Å²) in [7, 11) is 0. The summed E-state index contributed by atoms with van der Waals surface area (Å²) in [5, 5.41) is 2.87. The van der Waals surface area contributed by atoms with Crippen molar-refractivity contribution < 1.29 is 9.21 Å². The zero-order chi connectivity index (χ0) is 15.0. The molecule has 2 aromatic rings. The largest absolute Gasteiger partial charge is 0.440 e. The number of aromatic nitrogens is 1. The van der Waals surface area contributed by atoms with Gasteiger partial charge in [0.2, 0.25) is 5.91 Å². The quantitative estimate of drug-likeness (QED) is 0.885. The SMILES string of the molecule is CCCC(C)(N)C(=O)Nc1ccc2oc(C3CC3)nc2c1. The van der Waals surface area contributed by atoms with E-state index in [4.69, 9.17) is 10.2 Å². The van der Waals surface area contributed by atoms with Gasteiger partial charge in [-0.2, -0.15) is 0 Å². The fourth-order valence-electron chi connectivity index (χ4n) is 2.43. The summed E-state index contributed by atoms with van der Waals surface area (Å²) in [5.74, 6) is 1.12. The van der Waals surface area contributed by atoms with Crippen molar-refractivity contribution in [2.24, 2.45) is 5.73 Å². The predicted molar refractivity (Wildman–Crippen MR) is 82.1 cm³/mol. The number of amides is 1. The van der Waals surface area contributed by atoms with Gasteiger partial charge in [0.05, 0.1) is 5.54 Å². The molecular formula is C16H21N3O2. The third kappa shape index (κ3) is 2.93. The standard InChI is InChI=1S/C16H21N3O2/c1-3-8-16(2,17)15(20)18-11-6-7-13-12(9-11)19-14(21-13)10-4-5-10/h6-7,9-10H,3-5,8,17H2,1-2H3,(H,18,20). The van der Waals surface area contributed by atoms with Crippen LogP contribution in [0, 0.1) is 0 Å². The second-order valence-electron chi connectivity index (χ2n) is 6.13. The lowest BCUT2D eigenvalue weighted by atomic mass is 9.96. The van der Waals surface area contributed by atoms with E-state index in [1.54, 1.807) is 6.92 Å². The highest BCUT2D eigenvalue weighted by molar-refractivity contribution is 5.98. The first kappa shape index (κ1) is 14.1. The van der Waals surface area contributed by atoms with E-state index in [0.29, 0.717) is 18.0 Å². The molecule has 21 heavy (non-hydrogen) atoms. The van der Waals surface area contributed by atoms with E-state index in [0.717, 1.165) is 36.3 Å². The second kappa shape index (κ2) is 5.15. The number of nitrogens with two attached hydrogens (primary N) is 1. The van der Waals surface area contributed by atoms with Crippen LogP contribution in [-0.2, 0) is 4.79 Å². The maximum atomic E-state index is 12.2. The Kier molecular flexibility index (Phi) is 3.45. The van der Waals surface area contributed by atoms with Crippen LogP contribution in [0.2, 0.25) is 0 Å². The van der Waals surface area contributed by atoms with E-state index < -0.39 is 5.54 Å². The number of carbonyl (C=O) groups excluding carboxylic acids is 1. The molecule has 0 aliphatic heterocycles. The molecule has 1 aromatic carbocycles. The molecule has 1 unspecified atom stereocenters. The maximum absolute atomic E-state index is 12.2. The number of rotatable bonds is 5. The van der Waals surface area contributed by atoms with Crippen molar-refractivity contribution in [2.45, 2.75) is 51.0 Å². The molecule has 0 radical (unpaired) electrons. The lowest BCUT2D eigenvalue weighted by Crippen LogP contribution is -2.48. The number of anilines is 1. The Bertz CT molecular complexity index is 671. The van der Waals surface area contributed by atoms with Gasteiger partial charge in [0.1, 0.15) is 5.52 Å². The smallest absolute Gasteiger partial charge is 0.244 e. The lowest BCUT2D eigenvalue weighted by Gasteiger charge is -2.22. The fraction of sp³-hybridized carbons (Fsp3) is 0.500. The van der Waals surface area contributed by atoms with Gasteiger partial charge < -0.3 is 15.5 Å². The Morgan fingerprint density at radius 1 is 1.52 bits per heavy atom. The molecule has 1 atom stereocenters. The van der Waals surface area contributed by atoms with Crippen LogP contribution >= 0.6 is 0 Å². The first-order valence-corrected chi connectivity index (χ1v) is 7.50. The van der Waals surface area contributed by atoms with Gasteiger partial charge in [-0.05, 0) is 44.4 Å². The van der Waals surface area contributed by atoms with Crippen molar-refractivity contribution in [1.82, 2.24) is 4.98 Å². The highest BCUT2D eigenvalue weighted by atomic mass is 16.3. The van der Waals surface area contributed by atoms with Crippen molar-refractivity contribution >= 4 is 22.7 Å². The number of nitrogens with zero attached hydrogens (tertiary/aromatic N) is 1. The second-order valence-corrected chi connectivity index (χ2v) is 6.13. The number of carbonyl (C=O) groups is 1. The highest BCUT2D eigenvalue weighted by Gasteiger charge is 2.29. The molecule has 3 rings (SSSR count). The lowest BCUT2D eigenvalue weighted by molar-refractivity contribution is -0.120. The van der Waals surface area contributed by atoms with Crippen molar-refractivity contribution in [2.75, 3.05) is 5.32 Å². The Hall–Kier alpha value is -1.88.